The molecule has 36 heavy (non-hydrogen) atoms. The van der Waals surface area contributed by atoms with Crippen LogP contribution in [0.2, 0.25) is 0 Å². The molecule has 0 aliphatic heterocycles. The van der Waals surface area contributed by atoms with Crippen LogP contribution in [0, 0.1) is 6.92 Å². The van der Waals surface area contributed by atoms with Gasteiger partial charge in [-0.3, -0.25) is 9.10 Å². The molecule has 1 N–H and O–H groups in total. The van der Waals surface area contributed by atoms with Gasteiger partial charge in [-0.2, -0.15) is 11.8 Å². The summed E-state index contributed by atoms with van der Waals surface area (Å²) in [5.41, 5.74) is 2.98. The number of ether oxygens (including phenoxy) is 2. The Kier molecular flexibility index (Phi) is 10.1. The van der Waals surface area contributed by atoms with Crippen molar-refractivity contribution in [1.82, 2.24) is 5.32 Å². The number of para-hydroxylation sites is 1. The summed E-state index contributed by atoms with van der Waals surface area (Å²) in [6, 6.07) is 21.2. The molecule has 7 nitrogen and oxygen atoms in total. The largest absolute Gasteiger partial charge is 0.493 e. The van der Waals surface area contributed by atoms with E-state index in [0.29, 0.717) is 23.7 Å². The van der Waals surface area contributed by atoms with Crippen LogP contribution in [0.25, 0.3) is 0 Å². The standard InChI is InChI=1S/C27H32N2O5S2/c1-21-10-7-8-11-22(21)20-35-17-9-16-28-27(30)19-29(23-12-5-4-6-13-23)36(31,32)24-14-15-25(33-2)26(18-24)34-3/h4-8,10-15,18H,9,16-17,19-20H2,1-3H3,(H,28,30). The third-order valence-corrected chi connectivity index (χ3v) is 8.44. The van der Waals surface area contributed by atoms with Crippen molar-refractivity contribution < 1.29 is 22.7 Å². The van der Waals surface area contributed by atoms with E-state index in [9.17, 15) is 13.2 Å². The van der Waals surface area contributed by atoms with E-state index in [2.05, 4.69) is 24.4 Å². The first-order valence-corrected chi connectivity index (χ1v) is 14.1. The van der Waals surface area contributed by atoms with Crippen molar-refractivity contribution in [3.05, 3.63) is 83.9 Å². The van der Waals surface area contributed by atoms with Crippen LogP contribution in [-0.2, 0) is 20.6 Å². The van der Waals surface area contributed by atoms with Crippen molar-refractivity contribution in [3.63, 3.8) is 0 Å². The fourth-order valence-corrected chi connectivity index (χ4v) is 6.03. The lowest BCUT2D eigenvalue weighted by atomic mass is 10.1. The van der Waals surface area contributed by atoms with Gasteiger partial charge in [-0.25, -0.2) is 8.42 Å². The second kappa shape index (κ2) is 13.2. The van der Waals surface area contributed by atoms with Crippen molar-refractivity contribution >= 4 is 33.4 Å². The van der Waals surface area contributed by atoms with Crippen LogP contribution >= 0.6 is 11.8 Å². The minimum absolute atomic E-state index is 0.00408. The summed E-state index contributed by atoms with van der Waals surface area (Å²) >= 11 is 1.81. The summed E-state index contributed by atoms with van der Waals surface area (Å²) in [6.07, 6.45) is 0.788. The molecule has 0 heterocycles. The lowest BCUT2D eigenvalue weighted by Gasteiger charge is -2.24. The highest BCUT2D eigenvalue weighted by molar-refractivity contribution is 7.98. The van der Waals surface area contributed by atoms with Gasteiger partial charge in [-0.05, 0) is 54.5 Å². The van der Waals surface area contributed by atoms with E-state index >= 15 is 0 Å². The molecule has 3 rings (SSSR count). The van der Waals surface area contributed by atoms with E-state index in [1.54, 1.807) is 30.3 Å². The Labute approximate surface area is 217 Å². The second-order valence-corrected chi connectivity index (χ2v) is 11.0. The fourth-order valence-electron chi connectivity index (χ4n) is 3.56. The molecule has 0 saturated carbocycles. The van der Waals surface area contributed by atoms with E-state index in [-0.39, 0.29) is 17.3 Å². The number of nitrogens with one attached hydrogen (secondary N) is 1. The minimum atomic E-state index is -4.05. The van der Waals surface area contributed by atoms with Gasteiger partial charge < -0.3 is 14.8 Å². The van der Waals surface area contributed by atoms with E-state index in [1.165, 1.54) is 43.5 Å². The van der Waals surface area contributed by atoms with Crippen molar-refractivity contribution in [2.75, 3.05) is 37.4 Å². The minimum Gasteiger partial charge on any atom is -0.493 e. The normalized spacial score (nSPS) is 11.1. The van der Waals surface area contributed by atoms with Crippen LogP contribution in [0.15, 0.2) is 77.7 Å². The van der Waals surface area contributed by atoms with Crippen LogP contribution in [0.5, 0.6) is 11.5 Å². The van der Waals surface area contributed by atoms with Gasteiger partial charge in [-0.15, -0.1) is 0 Å². The molecule has 9 heteroatoms. The molecule has 0 atom stereocenters. The highest BCUT2D eigenvalue weighted by Gasteiger charge is 2.28. The first-order chi connectivity index (χ1) is 17.4. The Hall–Kier alpha value is -3.17. The summed E-state index contributed by atoms with van der Waals surface area (Å²) in [6.45, 7) is 2.24. The SMILES string of the molecule is COc1ccc(S(=O)(=O)N(CC(=O)NCCCSCc2ccccc2C)c2ccccc2)cc1OC. The maximum absolute atomic E-state index is 13.6. The van der Waals surface area contributed by atoms with Crippen molar-refractivity contribution in [1.29, 1.82) is 0 Å². The molecule has 0 unspecified atom stereocenters. The number of nitrogens with zero attached hydrogens (tertiary/aromatic N) is 1. The number of amides is 1. The third-order valence-electron chi connectivity index (χ3n) is 5.58. The number of thioether (sulfide) groups is 1. The topological polar surface area (TPSA) is 84.9 Å². The van der Waals surface area contributed by atoms with Crippen LogP contribution in [0.1, 0.15) is 17.5 Å². The molecule has 0 spiro atoms. The molecule has 0 radical (unpaired) electrons. The molecule has 0 aliphatic carbocycles. The maximum atomic E-state index is 13.6. The first-order valence-electron chi connectivity index (χ1n) is 11.6. The Bertz CT molecular complexity index is 1250. The summed E-state index contributed by atoms with van der Waals surface area (Å²) in [5.74, 6) is 2.15. The number of aryl methyl sites for hydroxylation is 1. The molecule has 192 valence electrons. The van der Waals surface area contributed by atoms with Crippen LogP contribution < -0.4 is 19.1 Å². The number of methoxy groups -OCH3 is 2. The van der Waals surface area contributed by atoms with E-state index < -0.39 is 10.0 Å². The number of carbonyl (C=O) groups is 1. The Morgan fingerprint density at radius 3 is 2.33 bits per heavy atom. The van der Waals surface area contributed by atoms with E-state index in [0.717, 1.165) is 22.2 Å². The van der Waals surface area contributed by atoms with Gasteiger partial charge in [0, 0.05) is 18.4 Å². The number of rotatable bonds is 13. The zero-order valence-electron chi connectivity index (χ0n) is 20.8. The predicted molar refractivity (Wildman–Crippen MR) is 145 cm³/mol. The predicted octanol–water partition coefficient (Wildman–Crippen LogP) is 4.65. The lowest BCUT2D eigenvalue weighted by molar-refractivity contribution is -0.119. The highest BCUT2D eigenvalue weighted by atomic mass is 32.2. The number of anilines is 1. The van der Waals surface area contributed by atoms with Crippen molar-refractivity contribution in [2.45, 2.75) is 24.0 Å². The molecule has 0 aliphatic rings. The number of sulfonamides is 1. The van der Waals surface area contributed by atoms with Crippen LogP contribution in [0.3, 0.4) is 0 Å². The maximum Gasteiger partial charge on any atom is 0.264 e. The lowest BCUT2D eigenvalue weighted by Crippen LogP contribution is -2.41. The molecule has 3 aromatic rings. The monoisotopic (exact) mass is 528 g/mol. The van der Waals surface area contributed by atoms with Gasteiger partial charge in [0.15, 0.2) is 11.5 Å². The number of carbonyl (C=O) groups excluding carboxylic acids is 1. The summed E-state index contributed by atoms with van der Waals surface area (Å²) < 4.78 is 38.7. The van der Waals surface area contributed by atoms with Gasteiger partial charge in [0.25, 0.3) is 10.0 Å². The smallest absolute Gasteiger partial charge is 0.264 e. The molecule has 3 aromatic carbocycles. The van der Waals surface area contributed by atoms with Gasteiger partial charge >= 0.3 is 0 Å². The number of benzene rings is 3. The molecule has 0 fully saturated rings. The Balaban J connectivity index is 1.63. The molecule has 0 aromatic heterocycles. The van der Waals surface area contributed by atoms with Gasteiger partial charge in [0.05, 0.1) is 24.8 Å². The van der Waals surface area contributed by atoms with Gasteiger partial charge in [0.1, 0.15) is 6.54 Å². The summed E-state index contributed by atoms with van der Waals surface area (Å²) in [5, 5.41) is 2.85. The van der Waals surface area contributed by atoms with E-state index in [4.69, 9.17) is 9.47 Å². The number of hydrogen-bond acceptors (Lipinski definition) is 6. The first kappa shape index (κ1) is 27.4. The van der Waals surface area contributed by atoms with E-state index in [1.807, 2.05) is 23.9 Å². The van der Waals surface area contributed by atoms with Crippen molar-refractivity contribution in [3.8, 4) is 11.5 Å². The van der Waals surface area contributed by atoms with Crippen LogP contribution in [-0.4, -0.2) is 47.4 Å². The second-order valence-electron chi connectivity index (χ2n) is 8.05. The third kappa shape index (κ3) is 7.18. The molecular formula is C27H32N2O5S2. The van der Waals surface area contributed by atoms with Gasteiger partial charge in [0.2, 0.25) is 5.91 Å². The fraction of sp³-hybridized carbons (Fsp3) is 0.296. The highest BCUT2D eigenvalue weighted by Crippen LogP contribution is 2.32. The average molecular weight is 529 g/mol. The Morgan fingerprint density at radius 2 is 1.64 bits per heavy atom. The van der Waals surface area contributed by atoms with Crippen LogP contribution in [0.4, 0.5) is 5.69 Å². The molecular weight excluding hydrogens is 496 g/mol. The molecule has 0 bridgehead atoms. The Morgan fingerprint density at radius 1 is 0.944 bits per heavy atom. The summed E-state index contributed by atoms with van der Waals surface area (Å²) in [4.78, 5) is 12.8. The zero-order valence-corrected chi connectivity index (χ0v) is 22.4. The summed E-state index contributed by atoms with van der Waals surface area (Å²) in [7, 11) is -1.13. The average Bonchev–Trinajstić information content (AvgIpc) is 2.90. The van der Waals surface area contributed by atoms with Gasteiger partial charge in [-0.1, -0.05) is 42.5 Å². The molecule has 0 saturated heterocycles. The number of hydrogen-bond donors (Lipinski definition) is 1. The molecule has 1 amide bonds. The van der Waals surface area contributed by atoms with Crippen molar-refractivity contribution in [2.24, 2.45) is 0 Å². The zero-order chi connectivity index (χ0) is 26.0. The quantitative estimate of drug-likeness (QED) is 0.325.